The fourth-order valence-corrected chi connectivity index (χ4v) is 4.72. The molecule has 3 heteroatoms. The van der Waals surface area contributed by atoms with Gasteiger partial charge in [-0.1, -0.05) is 38.7 Å². The summed E-state index contributed by atoms with van der Waals surface area (Å²) in [4.78, 5) is 4.06. The summed E-state index contributed by atoms with van der Waals surface area (Å²) in [5.41, 5.74) is 0.351. The lowest BCUT2D eigenvalue weighted by atomic mass is 9.79. The first-order chi connectivity index (χ1) is 10.2. The van der Waals surface area contributed by atoms with E-state index in [-0.39, 0.29) is 0 Å². The van der Waals surface area contributed by atoms with Crippen LogP contribution in [0.1, 0.15) is 56.7 Å². The van der Waals surface area contributed by atoms with Crippen LogP contribution in [0.15, 0.2) is 17.5 Å². The molecule has 0 amide bonds. The first kappa shape index (κ1) is 17.0. The predicted octanol–water partition coefficient (Wildman–Crippen LogP) is 4.31. The highest BCUT2D eigenvalue weighted by atomic mass is 32.1. The van der Waals surface area contributed by atoms with Crippen molar-refractivity contribution < 1.29 is 0 Å². The van der Waals surface area contributed by atoms with Crippen LogP contribution < -0.4 is 5.32 Å². The molecule has 0 saturated heterocycles. The summed E-state index contributed by atoms with van der Waals surface area (Å²) in [7, 11) is 4.58. The Kier molecular flexibility index (Phi) is 6.72. The molecule has 1 aromatic heterocycles. The van der Waals surface area contributed by atoms with E-state index in [0.717, 1.165) is 6.54 Å². The van der Waals surface area contributed by atoms with Gasteiger partial charge in [0, 0.05) is 16.5 Å². The van der Waals surface area contributed by atoms with Crippen molar-refractivity contribution in [2.75, 3.05) is 20.6 Å². The number of nitrogens with zero attached hydrogens (tertiary/aromatic N) is 1. The van der Waals surface area contributed by atoms with Crippen molar-refractivity contribution in [3.8, 4) is 0 Å². The number of thiophene rings is 1. The minimum atomic E-state index is 0.351. The summed E-state index contributed by atoms with van der Waals surface area (Å²) in [6, 6.07) is 5.07. The number of rotatable bonds is 7. The first-order valence-electron chi connectivity index (χ1n) is 8.62. The van der Waals surface area contributed by atoms with E-state index in [0.29, 0.717) is 11.6 Å². The number of hydrogen-bond donors (Lipinski definition) is 1. The average Bonchev–Trinajstić information content (AvgIpc) is 2.86. The van der Waals surface area contributed by atoms with Crippen LogP contribution in [0.3, 0.4) is 0 Å². The van der Waals surface area contributed by atoms with Crippen molar-refractivity contribution >= 4 is 11.3 Å². The predicted molar refractivity (Wildman–Crippen MR) is 94.2 cm³/mol. The molecule has 2 rings (SSSR count). The second kappa shape index (κ2) is 8.30. The highest BCUT2D eigenvalue weighted by molar-refractivity contribution is 7.09. The molecule has 1 fully saturated rings. The van der Waals surface area contributed by atoms with Gasteiger partial charge in [0.05, 0.1) is 0 Å². The molecule has 1 aliphatic carbocycles. The molecular weight excluding hydrogens is 276 g/mol. The van der Waals surface area contributed by atoms with Gasteiger partial charge in [-0.25, -0.2) is 0 Å². The highest BCUT2D eigenvalue weighted by Gasteiger charge is 2.40. The van der Waals surface area contributed by atoms with Crippen molar-refractivity contribution in [2.45, 2.75) is 69.9 Å². The van der Waals surface area contributed by atoms with Crippen molar-refractivity contribution in [3.05, 3.63) is 22.4 Å². The maximum Gasteiger partial charge on any atom is 0.0356 e. The number of nitrogens with one attached hydrogen (secondary N) is 1. The molecule has 0 bridgehead atoms. The van der Waals surface area contributed by atoms with E-state index in [2.05, 4.69) is 48.7 Å². The van der Waals surface area contributed by atoms with Gasteiger partial charge in [-0.15, -0.1) is 11.3 Å². The zero-order chi connectivity index (χ0) is 15.1. The lowest BCUT2D eigenvalue weighted by molar-refractivity contribution is 0.0771. The highest BCUT2D eigenvalue weighted by Crippen LogP contribution is 2.35. The Bertz CT molecular complexity index is 378. The molecule has 1 saturated carbocycles. The third-order valence-corrected chi connectivity index (χ3v) is 6.15. The molecule has 2 nitrogen and oxygen atoms in total. The van der Waals surface area contributed by atoms with E-state index < -0.39 is 0 Å². The van der Waals surface area contributed by atoms with Gasteiger partial charge in [-0.05, 0) is 57.8 Å². The van der Waals surface area contributed by atoms with Gasteiger partial charge in [0.2, 0.25) is 0 Å². The zero-order valence-electron chi connectivity index (χ0n) is 14.0. The Hall–Kier alpha value is -0.380. The van der Waals surface area contributed by atoms with Crippen LogP contribution in [-0.2, 0) is 6.42 Å². The normalized spacial score (nSPS) is 20.4. The second-order valence-electron chi connectivity index (χ2n) is 6.64. The maximum atomic E-state index is 3.83. The van der Waals surface area contributed by atoms with E-state index in [1.54, 1.807) is 0 Å². The second-order valence-corrected chi connectivity index (χ2v) is 7.67. The third kappa shape index (κ3) is 4.30. The molecule has 0 aliphatic heterocycles. The van der Waals surface area contributed by atoms with Gasteiger partial charge < -0.3 is 10.2 Å². The Morgan fingerprint density at radius 2 is 1.95 bits per heavy atom. The summed E-state index contributed by atoms with van der Waals surface area (Å²) < 4.78 is 0. The average molecular weight is 309 g/mol. The van der Waals surface area contributed by atoms with Gasteiger partial charge in [0.1, 0.15) is 0 Å². The van der Waals surface area contributed by atoms with Gasteiger partial charge in [-0.2, -0.15) is 0 Å². The quantitative estimate of drug-likeness (QED) is 0.755. The van der Waals surface area contributed by atoms with E-state index in [4.69, 9.17) is 0 Å². The molecule has 1 N–H and O–H groups in total. The third-order valence-electron chi connectivity index (χ3n) is 5.22. The fourth-order valence-electron chi connectivity index (χ4n) is 4.00. The van der Waals surface area contributed by atoms with Gasteiger partial charge in [-0.3, -0.25) is 0 Å². The summed E-state index contributed by atoms with van der Waals surface area (Å²) in [6.07, 6.45) is 10.8. The Balaban J connectivity index is 2.10. The Morgan fingerprint density at radius 3 is 2.48 bits per heavy atom. The van der Waals surface area contributed by atoms with Gasteiger partial charge in [0.25, 0.3) is 0 Å². The minimum Gasteiger partial charge on any atom is -0.312 e. The summed E-state index contributed by atoms with van der Waals surface area (Å²) in [5, 5.41) is 6.03. The first-order valence-corrected chi connectivity index (χ1v) is 9.50. The number of likely N-dealkylation sites (N-methyl/N-ethyl adjacent to an activating group) is 2. The SMILES string of the molecule is CCNC(CCc1cccs1)C1(N(C)C)CCCCCC1. The van der Waals surface area contributed by atoms with Crippen molar-refractivity contribution in [1.29, 1.82) is 0 Å². The number of aryl methyl sites for hydroxylation is 1. The van der Waals surface area contributed by atoms with E-state index in [1.165, 1.54) is 56.2 Å². The molecule has 0 aromatic carbocycles. The van der Waals surface area contributed by atoms with E-state index in [9.17, 15) is 0 Å². The Labute approximate surface area is 134 Å². The van der Waals surface area contributed by atoms with Gasteiger partial charge >= 0.3 is 0 Å². The lowest BCUT2D eigenvalue weighted by Gasteiger charge is -2.46. The van der Waals surface area contributed by atoms with Crippen LogP contribution in [0.4, 0.5) is 0 Å². The van der Waals surface area contributed by atoms with Crippen molar-refractivity contribution in [3.63, 3.8) is 0 Å². The molecule has 120 valence electrons. The topological polar surface area (TPSA) is 15.3 Å². The lowest BCUT2D eigenvalue weighted by Crippen LogP contribution is -2.59. The summed E-state index contributed by atoms with van der Waals surface area (Å²) >= 11 is 1.90. The molecule has 0 radical (unpaired) electrons. The monoisotopic (exact) mass is 308 g/mol. The maximum absolute atomic E-state index is 3.83. The molecule has 1 heterocycles. The van der Waals surface area contributed by atoms with E-state index in [1.807, 2.05) is 11.3 Å². The molecular formula is C18H32N2S. The van der Waals surface area contributed by atoms with Crippen molar-refractivity contribution in [2.24, 2.45) is 0 Å². The largest absolute Gasteiger partial charge is 0.312 e. The van der Waals surface area contributed by atoms with Gasteiger partial charge in [0.15, 0.2) is 0 Å². The molecule has 0 spiro atoms. The smallest absolute Gasteiger partial charge is 0.0356 e. The van der Waals surface area contributed by atoms with Crippen LogP contribution in [0.25, 0.3) is 0 Å². The molecule has 21 heavy (non-hydrogen) atoms. The van der Waals surface area contributed by atoms with Crippen LogP contribution >= 0.6 is 11.3 Å². The van der Waals surface area contributed by atoms with E-state index >= 15 is 0 Å². The minimum absolute atomic E-state index is 0.351. The molecule has 1 atom stereocenters. The van der Waals surface area contributed by atoms with Crippen LogP contribution in [0, 0.1) is 0 Å². The standard InChI is InChI=1S/C18H32N2S/c1-4-19-17(12-11-16-10-9-15-21-16)18(20(2)3)13-7-5-6-8-14-18/h9-10,15,17,19H,4-8,11-14H2,1-3H3. The molecule has 1 aromatic rings. The molecule has 1 unspecified atom stereocenters. The molecule has 1 aliphatic rings. The zero-order valence-corrected chi connectivity index (χ0v) is 14.8. The summed E-state index contributed by atoms with van der Waals surface area (Å²) in [6.45, 7) is 3.32. The summed E-state index contributed by atoms with van der Waals surface area (Å²) in [5.74, 6) is 0. The van der Waals surface area contributed by atoms with Crippen LogP contribution in [0.2, 0.25) is 0 Å². The van der Waals surface area contributed by atoms with Crippen LogP contribution in [-0.4, -0.2) is 37.1 Å². The van der Waals surface area contributed by atoms with Crippen LogP contribution in [0.5, 0.6) is 0 Å². The fraction of sp³-hybridized carbons (Fsp3) is 0.778. The Morgan fingerprint density at radius 1 is 1.24 bits per heavy atom. The van der Waals surface area contributed by atoms with Crippen molar-refractivity contribution in [1.82, 2.24) is 10.2 Å². The number of hydrogen-bond acceptors (Lipinski definition) is 3.